The van der Waals surface area contributed by atoms with E-state index in [1.807, 2.05) is 54.7 Å². The molecule has 0 saturated heterocycles. The second-order valence-electron chi connectivity index (χ2n) is 9.56. The number of nitrogens with zero attached hydrogens (tertiary/aromatic N) is 2. The molecule has 0 bridgehead atoms. The average Bonchev–Trinajstić information content (AvgIpc) is 3.62. The highest BCUT2D eigenvalue weighted by atomic mass is 16.3. The molecule has 0 radical (unpaired) electrons. The summed E-state index contributed by atoms with van der Waals surface area (Å²) in [5.41, 5.74) is 6.56. The molecule has 3 heterocycles. The van der Waals surface area contributed by atoms with Crippen molar-refractivity contribution in [2.75, 3.05) is 11.4 Å². The molecule has 5 aromatic rings. The number of rotatable bonds is 7. The molecule has 6 rings (SSSR count). The molecule has 3 aromatic heterocycles. The number of H-pyrrole nitrogens is 2. The molecule has 0 aliphatic heterocycles. The van der Waals surface area contributed by atoms with Crippen molar-refractivity contribution in [3.63, 3.8) is 0 Å². The van der Waals surface area contributed by atoms with Gasteiger partial charge in [-0.3, -0.25) is 14.5 Å². The molecular weight excluding hydrogens is 464 g/mol. The standard InChI is InChI=1S/C30H28N4O3/c35-29-25-11-2-1-10-24(25)27(32-33-29)18-20-7-5-8-21(17-20)30(36)34(28-13-6-16-37-28)15-14-22-19-31-26-12-4-3-9-23(22)26/h3-9,12-13,16-17,19,31H,1-2,10-11,14-15,18H2,(H,33,35). The van der Waals surface area contributed by atoms with Crippen molar-refractivity contribution in [3.05, 3.63) is 117 Å². The van der Waals surface area contributed by atoms with Crippen LogP contribution in [0, 0.1) is 0 Å². The number of fused-ring (bicyclic) bond motifs is 2. The number of anilines is 1. The maximum Gasteiger partial charge on any atom is 0.267 e. The minimum absolute atomic E-state index is 0.0772. The molecular formula is C30H28N4O3. The lowest BCUT2D eigenvalue weighted by Gasteiger charge is -2.21. The Balaban J connectivity index is 1.26. The third kappa shape index (κ3) is 4.60. The van der Waals surface area contributed by atoms with Crippen LogP contribution in [0.2, 0.25) is 0 Å². The number of furan rings is 1. The first-order chi connectivity index (χ1) is 18.2. The number of carbonyl (C=O) groups excluding carboxylic acids is 1. The van der Waals surface area contributed by atoms with E-state index >= 15 is 0 Å². The summed E-state index contributed by atoms with van der Waals surface area (Å²) < 4.78 is 5.65. The van der Waals surface area contributed by atoms with Crippen molar-refractivity contribution >= 4 is 22.7 Å². The topological polar surface area (TPSA) is 95.0 Å². The number of carbonyl (C=O) groups is 1. The molecule has 2 aromatic carbocycles. The lowest BCUT2D eigenvalue weighted by Crippen LogP contribution is -2.32. The van der Waals surface area contributed by atoms with Crippen molar-refractivity contribution in [1.29, 1.82) is 0 Å². The van der Waals surface area contributed by atoms with Crippen LogP contribution in [0.3, 0.4) is 0 Å². The molecule has 37 heavy (non-hydrogen) atoms. The lowest BCUT2D eigenvalue weighted by atomic mass is 9.90. The molecule has 1 amide bonds. The Labute approximate surface area is 214 Å². The fraction of sp³-hybridized carbons (Fsp3) is 0.233. The predicted octanol–water partition coefficient (Wildman–Crippen LogP) is 5.20. The van der Waals surface area contributed by atoms with Gasteiger partial charge in [0.25, 0.3) is 11.5 Å². The number of para-hydroxylation sites is 1. The Bertz CT molecular complexity index is 1610. The van der Waals surface area contributed by atoms with Crippen molar-refractivity contribution in [2.45, 2.75) is 38.5 Å². The summed E-state index contributed by atoms with van der Waals surface area (Å²) in [6.07, 6.45) is 8.62. The van der Waals surface area contributed by atoms with E-state index in [4.69, 9.17) is 4.42 Å². The van der Waals surface area contributed by atoms with E-state index in [9.17, 15) is 9.59 Å². The Morgan fingerprint density at radius 1 is 1.00 bits per heavy atom. The number of aromatic nitrogens is 3. The normalized spacial score (nSPS) is 13.0. The van der Waals surface area contributed by atoms with Gasteiger partial charge in [0.15, 0.2) is 0 Å². The third-order valence-electron chi connectivity index (χ3n) is 7.23. The van der Waals surface area contributed by atoms with Crippen LogP contribution in [0.1, 0.15) is 51.1 Å². The Morgan fingerprint density at radius 2 is 1.86 bits per heavy atom. The minimum atomic E-state index is -0.118. The zero-order valence-corrected chi connectivity index (χ0v) is 20.5. The van der Waals surface area contributed by atoms with Crippen molar-refractivity contribution in [3.8, 4) is 0 Å². The van der Waals surface area contributed by atoms with Crippen molar-refractivity contribution in [2.24, 2.45) is 0 Å². The highest BCUT2D eigenvalue weighted by Crippen LogP contribution is 2.24. The van der Waals surface area contributed by atoms with E-state index < -0.39 is 0 Å². The highest BCUT2D eigenvalue weighted by molar-refractivity contribution is 6.05. The summed E-state index contributed by atoms with van der Waals surface area (Å²) in [4.78, 5) is 31.0. The fourth-order valence-electron chi connectivity index (χ4n) is 5.34. The van der Waals surface area contributed by atoms with Crippen molar-refractivity contribution in [1.82, 2.24) is 15.2 Å². The zero-order valence-electron chi connectivity index (χ0n) is 20.5. The van der Waals surface area contributed by atoms with E-state index in [0.29, 0.717) is 30.8 Å². The lowest BCUT2D eigenvalue weighted by molar-refractivity contribution is 0.0983. The van der Waals surface area contributed by atoms with Gasteiger partial charge in [0.1, 0.15) is 0 Å². The second kappa shape index (κ2) is 9.93. The molecule has 0 unspecified atom stereocenters. The van der Waals surface area contributed by atoms with Crippen LogP contribution in [0.4, 0.5) is 5.88 Å². The highest BCUT2D eigenvalue weighted by Gasteiger charge is 2.22. The molecule has 7 nitrogen and oxygen atoms in total. The molecule has 0 saturated carbocycles. The maximum atomic E-state index is 13.7. The number of hydrogen-bond donors (Lipinski definition) is 2. The number of nitrogens with one attached hydrogen (secondary N) is 2. The molecule has 1 aliphatic carbocycles. The molecule has 0 atom stereocenters. The van der Waals surface area contributed by atoms with Gasteiger partial charge >= 0.3 is 0 Å². The summed E-state index contributed by atoms with van der Waals surface area (Å²) in [6, 6.07) is 19.4. The van der Waals surface area contributed by atoms with Gasteiger partial charge in [-0.25, -0.2) is 5.10 Å². The third-order valence-corrected chi connectivity index (χ3v) is 7.23. The minimum Gasteiger partial charge on any atom is -0.448 e. The summed E-state index contributed by atoms with van der Waals surface area (Å²) in [5.74, 6) is 0.403. The fourth-order valence-corrected chi connectivity index (χ4v) is 5.34. The van der Waals surface area contributed by atoms with E-state index in [1.54, 1.807) is 17.2 Å². The summed E-state index contributed by atoms with van der Waals surface area (Å²) in [6.45, 7) is 0.480. The number of hydrogen-bond acceptors (Lipinski definition) is 4. The number of benzene rings is 2. The SMILES string of the molecule is O=C(c1cccc(Cc2n[nH]c(=O)c3c2CCCC3)c1)N(CCc1c[nH]c2ccccc12)c1ccco1. The Hall–Kier alpha value is -4.39. The maximum absolute atomic E-state index is 13.7. The van der Waals surface area contributed by atoms with Crippen LogP contribution in [-0.2, 0) is 25.7 Å². The molecule has 1 aliphatic rings. The van der Waals surface area contributed by atoms with Gasteiger partial charge in [-0.05, 0) is 73.1 Å². The average molecular weight is 493 g/mol. The molecule has 186 valence electrons. The summed E-state index contributed by atoms with van der Waals surface area (Å²) in [7, 11) is 0. The quantitative estimate of drug-likeness (QED) is 0.326. The van der Waals surface area contributed by atoms with E-state index in [2.05, 4.69) is 21.2 Å². The summed E-state index contributed by atoms with van der Waals surface area (Å²) in [5, 5.41) is 8.20. The first kappa shape index (κ1) is 23.0. The van der Waals surface area contributed by atoms with Crippen LogP contribution >= 0.6 is 0 Å². The summed E-state index contributed by atoms with van der Waals surface area (Å²) >= 11 is 0. The smallest absolute Gasteiger partial charge is 0.267 e. The Morgan fingerprint density at radius 3 is 2.73 bits per heavy atom. The van der Waals surface area contributed by atoms with Gasteiger partial charge in [-0.15, -0.1) is 0 Å². The van der Waals surface area contributed by atoms with Gasteiger partial charge in [0.05, 0.1) is 12.0 Å². The predicted molar refractivity (Wildman–Crippen MR) is 143 cm³/mol. The number of amides is 1. The Kier molecular flexibility index (Phi) is 6.18. The van der Waals surface area contributed by atoms with Crippen LogP contribution in [0.15, 0.2) is 82.3 Å². The van der Waals surface area contributed by atoms with Gasteiger partial charge < -0.3 is 9.40 Å². The second-order valence-corrected chi connectivity index (χ2v) is 9.56. The molecule has 2 N–H and O–H groups in total. The first-order valence-corrected chi connectivity index (χ1v) is 12.8. The van der Waals surface area contributed by atoms with Crippen LogP contribution < -0.4 is 10.5 Å². The van der Waals surface area contributed by atoms with Gasteiger partial charge in [-0.2, -0.15) is 5.10 Å². The van der Waals surface area contributed by atoms with Crippen LogP contribution in [0.25, 0.3) is 10.9 Å². The van der Waals surface area contributed by atoms with Crippen LogP contribution in [-0.4, -0.2) is 27.6 Å². The van der Waals surface area contributed by atoms with Gasteiger partial charge in [0.2, 0.25) is 5.88 Å². The van der Waals surface area contributed by atoms with Gasteiger partial charge in [0, 0.05) is 47.3 Å². The van der Waals surface area contributed by atoms with E-state index in [-0.39, 0.29) is 11.5 Å². The molecule has 0 spiro atoms. The van der Waals surface area contributed by atoms with Gasteiger partial charge in [-0.1, -0.05) is 30.3 Å². The molecule has 7 heteroatoms. The molecule has 0 fully saturated rings. The van der Waals surface area contributed by atoms with Crippen LogP contribution in [0.5, 0.6) is 0 Å². The monoisotopic (exact) mass is 492 g/mol. The number of aromatic amines is 2. The zero-order chi connectivity index (χ0) is 25.2. The van der Waals surface area contributed by atoms with E-state index in [0.717, 1.165) is 64.5 Å². The first-order valence-electron chi connectivity index (χ1n) is 12.8. The largest absolute Gasteiger partial charge is 0.448 e. The van der Waals surface area contributed by atoms with Crippen molar-refractivity contribution < 1.29 is 9.21 Å². The van der Waals surface area contributed by atoms with E-state index in [1.165, 1.54) is 0 Å².